The van der Waals surface area contributed by atoms with E-state index in [9.17, 15) is 0 Å². The van der Waals surface area contributed by atoms with Gasteiger partial charge in [0.2, 0.25) is 0 Å². The number of ether oxygens (including phenoxy) is 1. The van der Waals surface area contributed by atoms with Crippen LogP contribution in [0.25, 0.3) is 10.9 Å². The zero-order valence-electron chi connectivity index (χ0n) is 16.5. The van der Waals surface area contributed by atoms with Crippen LogP contribution in [0, 0.1) is 0 Å². The Bertz CT molecular complexity index is 746. The minimum Gasteiger partial charge on any atom is -0.377 e. The third-order valence-electron chi connectivity index (χ3n) is 4.15. The van der Waals surface area contributed by atoms with Gasteiger partial charge in [-0.15, -0.1) is 24.0 Å². The van der Waals surface area contributed by atoms with Gasteiger partial charge in [-0.2, -0.15) is 0 Å². The molecule has 144 valence electrons. The van der Waals surface area contributed by atoms with E-state index in [0.29, 0.717) is 13.1 Å². The summed E-state index contributed by atoms with van der Waals surface area (Å²) in [5, 5.41) is 7.83. The van der Waals surface area contributed by atoms with Crippen LogP contribution in [0.15, 0.2) is 35.3 Å². The average Bonchev–Trinajstić information content (AvgIpc) is 2.61. The fourth-order valence-electron chi connectivity index (χ4n) is 2.38. The van der Waals surface area contributed by atoms with Crippen LogP contribution in [0.1, 0.15) is 19.4 Å². The Hall–Kier alpha value is -1.61. The highest BCUT2D eigenvalue weighted by atomic mass is 127. The minimum atomic E-state index is -0.251. The van der Waals surface area contributed by atoms with E-state index < -0.39 is 0 Å². The number of methoxy groups -OCH3 is 1. The molecular weight excluding hydrogens is 441 g/mol. The van der Waals surface area contributed by atoms with Crippen LogP contribution in [0.2, 0.25) is 0 Å². The van der Waals surface area contributed by atoms with E-state index >= 15 is 0 Å². The molecular formula is C19H30IN5O. The molecule has 2 N–H and O–H groups in total. The van der Waals surface area contributed by atoms with Gasteiger partial charge in [-0.1, -0.05) is 18.2 Å². The van der Waals surface area contributed by atoms with Gasteiger partial charge in [0.25, 0.3) is 0 Å². The van der Waals surface area contributed by atoms with Crippen molar-refractivity contribution < 1.29 is 4.74 Å². The van der Waals surface area contributed by atoms with E-state index in [4.69, 9.17) is 9.72 Å². The molecule has 0 bridgehead atoms. The lowest BCUT2D eigenvalue weighted by atomic mass is 10.1. The number of anilines is 1. The van der Waals surface area contributed by atoms with Crippen LogP contribution < -0.4 is 15.5 Å². The summed E-state index contributed by atoms with van der Waals surface area (Å²) in [4.78, 5) is 11.0. The summed E-state index contributed by atoms with van der Waals surface area (Å²) in [6.45, 7) is 5.40. The topological polar surface area (TPSA) is 61.8 Å². The number of hydrogen-bond acceptors (Lipinski definition) is 4. The molecule has 0 aliphatic carbocycles. The first-order valence-electron chi connectivity index (χ1n) is 8.42. The maximum Gasteiger partial charge on any atom is 0.191 e. The maximum atomic E-state index is 5.44. The number of nitrogens with one attached hydrogen (secondary N) is 2. The van der Waals surface area contributed by atoms with E-state index in [-0.39, 0.29) is 29.6 Å². The first-order valence-corrected chi connectivity index (χ1v) is 8.42. The highest BCUT2D eigenvalue weighted by Crippen LogP contribution is 2.21. The number of guanidine groups is 1. The molecule has 0 saturated heterocycles. The summed E-state index contributed by atoms with van der Waals surface area (Å²) < 4.78 is 5.44. The normalized spacial score (nSPS) is 11.8. The Morgan fingerprint density at radius 3 is 2.54 bits per heavy atom. The molecule has 7 heteroatoms. The molecule has 1 aromatic heterocycles. The summed E-state index contributed by atoms with van der Waals surface area (Å²) >= 11 is 0. The Morgan fingerprint density at radius 1 is 1.23 bits per heavy atom. The molecule has 0 spiro atoms. The van der Waals surface area contributed by atoms with Gasteiger partial charge >= 0.3 is 0 Å². The summed E-state index contributed by atoms with van der Waals surface area (Å²) in [5.41, 5.74) is 1.93. The van der Waals surface area contributed by atoms with Gasteiger partial charge in [0, 0.05) is 46.7 Å². The minimum absolute atomic E-state index is 0. The molecule has 2 aromatic rings. The molecule has 6 nitrogen and oxygen atoms in total. The molecule has 1 heterocycles. The van der Waals surface area contributed by atoms with Crippen LogP contribution in [-0.4, -0.2) is 51.3 Å². The second-order valence-corrected chi connectivity index (χ2v) is 6.79. The molecule has 0 saturated carbocycles. The number of aromatic nitrogens is 1. The number of fused-ring (bicyclic) bond motifs is 1. The van der Waals surface area contributed by atoms with Crippen molar-refractivity contribution in [2.75, 3.05) is 39.7 Å². The highest BCUT2D eigenvalue weighted by molar-refractivity contribution is 14.0. The predicted octanol–water partition coefficient (Wildman–Crippen LogP) is 3.01. The van der Waals surface area contributed by atoms with E-state index in [1.165, 1.54) is 5.56 Å². The predicted molar refractivity (Wildman–Crippen MR) is 121 cm³/mol. The Morgan fingerprint density at radius 2 is 1.92 bits per heavy atom. The summed E-state index contributed by atoms with van der Waals surface area (Å²) in [6.07, 6.45) is 0. The van der Waals surface area contributed by atoms with Crippen molar-refractivity contribution in [2.45, 2.75) is 26.0 Å². The zero-order valence-corrected chi connectivity index (χ0v) is 18.8. The van der Waals surface area contributed by atoms with Crippen molar-refractivity contribution in [3.63, 3.8) is 0 Å². The van der Waals surface area contributed by atoms with Crippen molar-refractivity contribution in [2.24, 2.45) is 4.99 Å². The molecule has 26 heavy (non-hydrogen) atoms. The number of para-hydroxylation sites is 1. The third kappa shape index (κ3) is 5.98. The summed E-state index contributed by atoms with van der Waals surface area (Å²) in [5.74, 6) is 1.69. The molecule has 2 rings (SSSR count). The summed E-state index contributed by atoms with van der Waals surface area (Å²) in [6, 6.07) is 10.3. The van der Waals surface area contributed by atoms with E-state index in [1.54, 1.807) is 14.2 Å². The molecule has 0 amide bonds. The largest absolute Gasteiger partial charge is 0.377 e. The van der Waals surface area contributed by atoms with Crippen LogP contribution >= 0.6 is 24.0 Å². The number of rotatable bonds is 6. The first kappa shape index (κ1) is 22.4. The van der Waals surface area contributed by atoms with Crippen LogP contribution in [0.4, 0.5) is 5.82 Å². The molecule has 0 aliphatic rings. The van der Waals surface area contributed by atoms with Gasteiger partial charge in [-0.25, -0.2) is 4.98 Å². The van der Waals surface area contributed by atoms with Crippen molar-refractivity contribution in [1.29, 1.82) is 0 Å². The van der Waals surface area contributed by atoms with Gasteiger partial charge < -0.3 is 20.3 Å². The standard InChI is InChI=1S/C19H29N5O.HI/c1-19(2,25-6)13-22-18(20-3)21-12-14-11-17(24(4)5)23-16-10-8-7-9-15(14)16;/h7-11H,12-13H2,1-6H3,(H2,20,21,22);1H. The van der Waals surface area contributed by atoms with Crippen LogP contribution in [0.3, 0.4) is 0 Å². The quantitative estimate of drug-likeness (QED) is 0.386. The number of pyridine rings is 1. The van der Waals surface area contributed by atoms with Crippen molar-refractivity contribution in [3.05, 3.63) is 35.9 Å². The molecule has 0 atom stereocenters. The van der Waals surface area contributed by atoms with Crippen molar-refractivity contribution in [3.8, 4) is 0 Å². The molecule has 0 unspecified atom stereocenters. The zero-order chi connectivity index (χ0) is 18.4. The van der Waals surface area contributed by atoms with E-state index in [1.807, 2.05) is 51.0 Å². The lowest BCUT2D eigenvalue weighted by molar-refractivity contribution is 0.0268. The second-order valence-electron chi connectivity index (χ2n) is 6.79. The SMILES string of the molecule is CN=C(NCc1cc(N(C)C)nc2ccccc12)NCC(C)(C)OC.I. The third-order valence-corrected chi connectivity index (χ3v) is 4.15. The smallest absolute Gasteiger partial charge is 0.191 e. The molecule has 1 aromatic carbocycles. The number of hydrogen-bond donors (Lipinski definition) is 2. The van der Waals surface area contributed by atoms with Gasteiger partial charge in [0.05, 0.1) is 11.1 Å². The Kier molecular flexibility index (Phi) is 8.55. The van der Waals surface area contributed by atoms with Crippen molar-refractivity contribution >= 4 is 46.7 Å². The average molecular weight is 471 g/mol. The Balaban J connectivity index is 0.00000338. The fraction of sp³-hybridized carbons (Fsp3) is 0.474. The molecule has 0 radical (unpaired) electrons. The first-order chi connectivity index (χ1) is 11.9. The number of halogens is 1. The summed E-state index contributed by atoms with van der Waals surface area (Å²) in [7, 11) is 7.48. The van der Waals surface area contributed by atoms with Gasteiger partial charge in [-0.3, -0.25) is 4.99 Å². The number of aliphatic imine (C=N–C) groups is 1. The number of nitrogens with zero attached hydrogens (tertiary/aromatic N) is 3. The van der Waals surface area contributed by atoms with E-state index in [0.717, 1.165) is 22.7 Å². The number of benzene rings is 1. The lowest BCUT2D eigenvalue weighted by Crippen LogP contribution is -2.45. The lowest BCUT2D eigenvalue weighted by Gasteiger charge is -2.24. The van der Waals surface area contributed by atoms with Crippen LogP contribution in [0.5, 0.6) is 0 Å². The van der Waals surface area contributed by atoms with Crippen LogP contribution in [-0.2, 0) is 11.3 Å². The van der Waals surface area contributed by atoms with Gasteiger partial charge in [0.15, 0.2) is 5.96 Å². The maximum absolute atomic E-state index is 5.44. The molecule has 0 fully saturated rings. The highest BCUT2D eigenvalue weighted by Gasteiger charge is 2.16. The van der Waals surface area contributed by atoms with Gasteiger partial charge in [0.1, 0.15) is 5.82 Å². The Labute approximate surface area is 173 Å². The van der Waals surface area contributed by atoms with E-state index in [2.05, 4.69) is 27.8 Å². The molecule has 0 aliphatic heterocycles. The fourth-order valence-corrected chi connectivity index (χ4v) is 2.38. The monoisotopic (exact) mass is 471 g/mol. The second kappa shape index (κ2) is 9.91. The van der Waals surface area contributed by atoms with Gasteiger partial charge in [-0.05, 0) is 31.5 Å². The van der Waals surface area contributed by atoms with Crippen molar-refractivity contribution in [1.82, 2.24) is 15.6 Å².